The van der Waals surface area contributed by atoms with Gasteiger partial charge in [0.1, 0.15) is 0 Å². The fourth-order valence-corrected chi connectivity index (χ4v) is 9.39. The molecule has 11 aromatic carbocycles. The largest absolute Gasteiger partial charge is 0.310 e. The summed E-state index contributed by atoms with van der Waals surface area (Å²) in [5.74, 6) is 0. The SMILES string of the molecule is Cc1ccc(N(c2ccccc2)c2ccc3c(-c4cccc5ccccc45)c4cc(N(c5ccccc5)c5ccc(C)cc5)ccc4c(-c4cccc5ccccc45)c3c2)cc1. The summed E-state index contributed by atoms with van der Waals surface area (Å²) < 4.78 is 0. The molecule has 0 saturated carbocycles. The number of para-hydroxylation sites is 2. The van der Waals surface area contributed by atoms with Gasteiger partial charge in [-0.1, -0.05) is 169 Å². The molecule has 0 amide bonds. The number of nitrogens with zero attached hydrogens (tertiary/aromatic N) is 2. The number of anilines is 6. The standard InChI is InChI=1S/C60H44N2/c1-41-27-31-47(32-28-41)61(45-19-5-3-6-20-45)49-35-37-55-57(39-49)59(53-25-13-17-43-15-9-11-23-51(43)53)56-38-36-50(62(46-21-7-4-8-22-46)48-33-29-42(2)30-34-48)40-58(56)60(55)54-26-14-18-44-16-10-12-24-52(44)54/h3-40H,1-2H3. The Morgan fingerprint density at radius 2 is 0.581 bits per heavy atom. The van der Waals surface area contributed by atoms with Crippen LogP contribution in [0.5, 0.6) is 0 Å². The van der Waals surface area contributed by atoms with Gasteiger partial charge in [0.15, 0.2) is 0 Å². The molecule has 0 aromatic heterocycles. The van der Waals surface area contributed by atoms with E-state index in [9.17, 15) is 0 Å². The molecule has 0 spiro atoms. The predicted octanol–water partition coefficient (Wildman–Crippen LogP) is 17.2. The van der Waals surface area contributed by atoms with Crippen LogP contribution in [0.4, 0.5) is 34.1 Å². The number of fused-ring (bicyclic) bond motifs is 4. The van der Waals surface area contributed by atoms with Crippen molar-refractivity contribution in [3.63, 3.8) is 0 Å². The lowest BCUT2D eigenvalue weighted by molar-refractivity contribution is 1.28. The van der Waals surface area contributed by atoms with Crippen LogP contribution in [-0.4, -0.2) is 0 Å². The van der Waals surface area contributed by atoms with Crippen molar-refractivity contribution in [1.29, 1.82) is 0 Å². The second-order valence-electron chi connectivity index (χ2n) is 16.3. The molecule has 0 saturated heterocycles. The van der Waals surface area contributed by atoms with Gasteiger partial charge in [-0.3, -0.25) is 0 Å². The highest BCUT2D eigenvalue weighted by Gasteiger charge is 2.23. The Labute approximate surface area is 363 Å². The van der Waals surface area contributed by atoms with Crippen LogP contribution < -0.4 is 9.80 Å². The first-order chi connectivity index (χ1) is 30.6. The molecule has 2 heteroatoms. The summed E-state index contributed by atoms with van der Waals surface area (Å²) in [6.45, 7) is 4.29. The molecule has 0 bridgehead atoms. The van der Waals surface area contributed by atoms with Gasteiger partial charge in [0, 0.05) is 34.1 Å². The van der Waals surface area contributed by atoms with Gasteiger partial charge in [0.05, 0.1) is 0 Å². The fraction of sp³-hybridized carbons (Fsp3) is 0.0333. The number of rotatable bonds is 8. The number of benzene rings is 11. The average molecular weight is 793 g/mol. The molecule has 294 valence electrons. The van der Waals surface area contributed by atoms with Gasteiger partial charge in [-0.05, 0) is 152 Å². The monoisotopic (exact) mass is 792 g/mol. The van der Waals surface area contributed by atoms with Crippen molar-refractivity contribution in [3.05, 3.63) is 242 Å². The summed E-state index contributed by atoms with van der Waals surface area (Å²) in [6.07, 6.45) is 0. The van der Waals surface area contributed by atoms with Gasteiger partial charge in [-0.15, -0.1) is 0 Å². The predicted molar refractivity (Wildman–Crippen MR) is 266 cm³/mol. The van der Waals surface area contributed by atoms with E-state index in [1.54, 1.807) is 0 Å². The van der Waals surface area contributed by atoms with E-state index in [0.717, 1.165) is 34.1 Å². The highest BCUT2D eigenvalue weighted by molar-refractivity contribution is 6.26. The average Bonchev–Trinajstić information content (AvgIpc) is 3.32. The Morgan fingerprint density at radius 3 is 1.00 bits per heavy atom. The molecule has 0 atom stereocenters. The first-order valence-electron chi connectivity index (χ1n) is 21.4. The van der Waals surface area contributed by atoms with Crippen LogP contribution in [0.25, 0.3) is 65.3 Å². The van der Waals surface area contributed by atoms with E-state index in [4.69, 9.17) is 0 Å². The van der Waals surface area contributed by atoms with Gasteiger partial charge in [0.25, 0.3) is 0 Å². The van der Waals surface area contributed by atoms with Gasteiger partial charge in [-0.25, -0.2) is 0 Å². The maximum atomic E-state index is 2.43. The molecule has 11 aromatic rings. The van der Waals surface area contributed by atoms with Crippen LogP contribution in [0.15, 0.2) is 231 Å². The quantitative estimate of drug-likeness (QED) is 0.141. The molecule has 0 aliphatic carbocycles. The van der Waals surface area contributed by atoms with Crippen molar-refractivity contribution < 1.29 is 0 Å². The fourth-order valence-electron chi connectivity index (χ4n) is 9.39. The minimum absolute atomic E-state index is 1.10. The van der Waals surface area contributed by atoms with Crippen molar-refractivity contribution in [1.82, 2.24) is 0 Å². The molecule has 11 rings (SSSR count). The van der Waals surface area contributed by atoms with E-state index in [-0.39, 0.29) is 0 Å². The van der Waals surface area contributed by atoms with E-state index in [0.29, 0.717) is 0 Å². The van der Waals surface area contributed by atoms with E-state index in [1.807, 2.05) is 0 Å². The third-order valence-corrected chi connectivity index (χ3v) is 12.3. The lowest BCUT2D eigenvalue weighted by atomic mass is 9.83. The zero-order chi connectivity index (χ0) is 41.6. The molecular formula is C60H44N2. The van der Waals surface area contributed by atoms with Gasteiger partial charge < -0.3 is 9.80 Å². The van der Waals surface area contributed by atoms with Crippen LogP contribution in [0.2, 0.25) is 0 Å². The lowest BCUT2D eigenvalue weighted by Gasteiger charge is -2.28. The van der Waals surface area contributed by atoms with Crippen LogP contribution in [0.3, 0.4) is 0 Å². The summed E-state index contributed by atoms with van der Waals surface area (Å²) in [6, 6.07) is 84.6. The second kappa shape index (κ2) is 15.6. The summed E-state index contributed by atoms with van der Waals surface area (Å²) in [5, 5.41) is 9.72. The third-order valence-electron chi connectivity index (χ3n) is 12.3. The molecule has 0 unspecified atom stereocenters. The third kappa shape index (κ3) is 6.54. The highest BCUT2D eigenvalue weighted by atomic mass is 15.1. The van der Waals surface area contributed by atoms with Gasteiger partial charge >= 0.3 is 0 Å². The Bertz CT molecular complexity index is 3170. The van der Waals surface area contributed by atoms with Crippen molar-refractivity contribution in [3.8, 4) is 22.3 Å². The highest BCUT2D eigenvalue weighted by Crippen LogP contribution is 2.50. The smallest absolute Gasteiger partial charge is 0.0468 e. The minimum atomic E-state index is 1.10. The summed E-state index contributed by atoms with van der Waals surface area (Å²) >= 11 is 0. The molecule has 0 N–H and O–H groups in total. The second-order valence-corrected chi connectivity index (χ2v) is 16.3. The molecule has 0 heterocycles. The van der Waals surface area contributed by atoms with Crippen molar-refractivity contribution in [2.45, 2.75) is 13.8 Å². The Morgan fingerprint density at radius 1 is 0.242 bits per heavy atom. The van der Waals surface area contributed by atoms with E-state index < -0.39 is 0 Å². The van der Waals surface area contributed by atoms with Crippen molar-refractivity contribution >= 4 is 77.2 Å². The van der Waals surface area contributed by atoms with Crippen LogP contribution in [-0.2, 0) is 0 Å². The topological polar surface area (TPSA) is 6.48 Å². The number of aryl methyl sites for hydroxylation is 2. The number of hydrogen-bond donors (Lipinski definition) is 0. The zero-order valence-electron chi connectivity index (χ0n) is 34.8. The first kappa shape index (κ1) is 37.1. The molecule has 0 aliphatic rings. The lowest BCUT2D eigenvalue weighted by Crippen LogP contribution is -2.10. The molecule has 62 heavy (non-hydrogen) atoms. The first-order valence-corrected chi connectivity index (χ1v) is 21.4. The molecule has 0 fully saturated rings. The molecule has 0 aliphatic heterocycles. The Hall–Kier alpha value is -7.94. The number of hydrogen-bond acceptors (Lipinski definition) is 2. The van der Waals surface area contributed by atoms with Gasteiger partial charge in [-0.2, -0.15) is 0 Å². The van der Waals surface area contributed by atoms with Crippen LogP contribution in [0, 0.1) is 13.8 Å². The maximum absolute atomic E-state index is 2.43. The van der Waals surface area contributed by atoms with Crippen molar-refractivity contribution in [2.75, 3.05) is 9.80 Å². The molecule has 0 radical (unpaired) electrons. The summed E-state index contributed by atoms with van der Waals surface area (Å²) in [5.41, 5.74) is 14.0. The van der Waals surface area contributed by atoms with Crippen LogP contribution >= 0.6 is 0 Å². The van der Waals surface area contributed by atoms with E-state index in [1.165, 1.54) is 76.5 Å². The van der Waals surface area contributed by atoms with Crippen molar-refractivity contribution in [2.24, 2.45) is 0 Å². The Kier molecular flexibility index (Phi) is 9.32. The minimum Gasteiger partial charge on any atom is -0.310 e. The maximum Gasteiger partial charge on any atom is 0.0468 e. The zero-order valence-corrected chi connectivity index (χ0v) is 34.8. The van der Waals surface area contributed by atoms with E-state index in [2.05, 4.69) is 254 Å². The molecule has 2 nitrogen and oxygen atoms in total. The summed E-state index contributed by atoms with van der Waals surface area (Å²) in [4.78, 5) is 4.77. The summed E-state index contributed by atoms with van der Waals surface area (Å²) in [7, 11) is 0. The van der Waals surface area contributed by atoms with Gasteiger partial charge in [0.2, 0.25) is 0 Å². The Balaban J connectivity index is 1.29. The van der Waals surface area contributed by atoms with E-state index >= 15 is 0 Å². The molecular weight excluding hydrogens is 749 g/mol. The normalized spacial score (nSPS) is 11.4. The van der Waals surface area contributed by atoms with Crippen LogP contribution in [0.1, 0.15) is 11.1 Å².